The number of ether oxygens (including phenoxy) is 6. The normalized spacial score (nSPS) is 51.0. The van der Waals surface area contributed by atoms with E-state index in [1.807, 2.05) is 0 Å². The first-order valence-electron chi connectivity index (χ1n) is 24.5. The van der Waals surface area contributed by atoms with Crippen molar-refractivity contribution in [1.82, 2.24) is 0 Å². The van der Waals surface area contributed by atoms with Gasteiger partial charge < -0.3 is 94.8 Å². The highest BCUT2D eigenvalue weighted by atomic mass is 16.8. The van der Waals surface area contributed by atoms with Crippen molar-refractivity contribution in [3.63, 3.8) is 0 Å². The Kier molecular flexibility index (Phi) is 15.9. The largest absolute Gasteiger partial charge is 0.394 e. The molecule has 0 spiro atoms. The lowest BCUT2D eigenvalue weighted by Crippen LogP contribution is -2.65. The van der Waals surface area contributed by atoms with Crippen LogP contribution in [0.25, 0.3) is 0 Å². The average Bonchev–Trinajstić information content (AvgIpc) is 3.54. The molecular weight excluding hydrogens is 881 g/mol. The fraction of sp³-hybridized carbons (Fsp3) is 0.958. The van der Waals surface area contributed by atoms with Gasteiger partial charge in [-0.2, -0.15) is 0 Å². The van der Waals surface area contributed by atoms with Gasteiger partial charge in [0.05, 0.1) is 43.7 Å². The van der Waals surface area contributed by atoms with Crippen LogP contribution in [0.5, 0.6) is 0 Å². The van der Waals surface area contributed by atoms with E-state index in [0.29, 0.717) is 19.3 Å². The first-order valence-corrected chi connectivity index (χ1v) is 24.5. The first-order chi connectivity index (χ1) is 31.2. The molecular formula is C48H82O19. The molecule has 0 aromatic rings. The summed E-state index contributed by atoms with van der Waals surface area (Å²) >= 11 is 0. The average molecular weight is 963 g/mol. The fourth-order valence-electron chi connectivity index (χ4n) is 14.1. The molecule has 19 nitrogen and oxygen atoms in total. The van der Waals surface area contributed by atoms with E-state index in [2.05, 4.69) is 47.6 Å². The maximum Gasteiger partial charge on any atom is 0.187 e. The van der Waals surface area contributed by atoms with E-state index in [9.17, 15) is 66.4 Å². The summed E-state index contributed by atoms with van der Waals surface area (Å²) in [5.74, 6) is 0.678. The second-order valence-electron chi connectivity index (χ2n) is 23.1. The Morgan fingerprint density at radius 2 is 1.24 bits per heavy atom. The third-order valence-electron chi connectivity index (χ3n) is 18.7. The minimum absolute atomic E-state index is 0.0795. The Bertz CT molecular complexity index is 1710. The molecule has 0 amide bonds. The number of rotatable bonds is 14. The van der Waals surface area contributed by atoms with Crippen LogP contribution in [0, 0.1) is 45.3 Å². The third-order valence-corrected chi connectivity index (χ3v) is 18.7. The molecule has 3 saturated carbocycles. The molecule has 25 atom stereocenters. The van der Waals surface area contributed by atoms with Gasteiger partial charge in [-0.05, 0) is 99.7 Å². The smallest absolute Gasteiger partial charge is 0.187 e. The highest BCUT2D eigenvalue weighted by Crippen LogP contribution is 2.75. The van der Waals surface area contributed by atoms with Crippen LogP contribution in [0.3, 0.4) is 0 Å². The zero-order valence-electron chi connectivity index (χ0n) is 40.3. The molecule has 0 bridgehead atoms. The van der Waals surface area contributed by atoms with Crippen molar-refractivity contribution in [3.8, 4) is 0 Å². The number of allylic oxidation sites excluding steroid dienone is 1. The van der Waals surface area contributed by atoms with Gasteiger partial charge in [-0.15, -0.1) is 0 Å². The maximum absolute atomic E-state index is 12.4. The third kappa shape index (κ3) is 9.24. The van der Waals surface area contributed by atoms with Crippen LogP contribution in [0.1, 0.15) is 107 Å². The summed E-state index contributed by atoms with van der Waals surface area (Å²) in [6.45, 7) is 14.4. The van der Waals surface area contributed by atoms with Gasteiger partial charge in [0.25, 0.3) is 0 Å². The molecule has 3 heterocycles. The molecule has 388 valence electrons. The molecule has 19 heteroatoms. The van der Waals surface area contributed by atoms with Gasteiger partial charge in [-0.25, -0.2) is 0 Å². The Hall–Kier alpha value is -1.02. The molecule has 7 rings (SSSR count). The highest BCUT2D eigenvalue weighted by Gasteiger charge is 2.70. The number of aliphatic hydroxyl groups excluding tert-OH is 12. The van der Waals surface area contributed by atoms with Crippen LogP contribution < -0.4 is 0 Å². The van der Waals surface area contributed by atoms with Crippen molar-refractivity contribution in [3.05, 3.63) is 11.6 Å². The predicted octanol–water partition coefficient (Wildman–Crippen LogP) is -1.06. The molecule has 4 aliphatic carbocycles. The molecule has 3 aliphatic heterocycles. The molecule has 0 aromatic heterocycles. The van der Waals surface area contributed by atoms with Gasteiger partial charge in [0.1, 0.15) is 73.2 Å². The molecule has 13 N–H and O–H groups in total. The van der Waals surface area contributed by atoms with Gasteiger partial charge in [0.2, 0.25) is 0 Å². The lowest BCUT2D eigenvalue weighted by molar-refractivity contribution is -0.380. The minimum atomic E-state index is -1.90. The standard InChI is InChI=1S/C48H82O19/c1-21(22-15-16-46(6)28-12-10-23-24(11-13-29(51)44(23,2)3)48(28,8)30(52)17-47(22,46)7)9-14-31(45(4,5)61)66-43-40(67-42-39(60)36(57)33(54)26(19-50)64-42)37(58)34(55)27(65-43)20-62-41-38(59)35(56)32(53)25(18-49)63-41/h10,21-22,24-43,49-61H,9,11-20H2,1-8H3/t21-,22?,24?,25?,26+,27-,28?,29+,30-,31-,32-,33+,34-,35+,36-,37+,38-,39+,40-,41-,42-,43+,46+,47-,48+/m1/s1. The van der Waals surface area contributed by atoms with Crippen molar-refractivity contribution < 1.29 is 94.8 Å². The molecule has 0 aromatic carbocycles. The summed E-state index contributed by atoms with van der Waals surface area (Å²) in [5, 5.41) is 141. The van der Waals surface area contributed by atoms with Crippen LogP contribution in [0.2, 0.25) is 0 Å². The van der Waals surface area contributed by atoms with E-state index in [1.165, 1.54) is 5.57 Å². The van der Waals surface area contributed by atoms with E-state index < -0.39 is 136 Å². The van der Waals surface area contributed by atoms with Crippen molar-refractivity contribution in [1.29, 1.82) is 0 Å². The Morgan fingerprint density at radius 3 is 1.84 bits per heavy atom. The van der Waals surface area contributed by atoms with Crippen molar-refractivity contribution >= 4 is 0 Å². The Labute approximate surface area is 393 Å². The quantitative estimate of drug-likeness (QED) is 0.0924. The Balaban J connectivity index is 1.10. The molecule has 4 unspecified atom stereocenters. The monoisotopic (exact) mass is 963 g/mol. The van der Waals surface area contributed by atoms with Gasteiger partial charge in [-0.3, -0.25) is 0 Å². The lowest BCUT2D eigenvalue weighted by Gasteiger charge is -2.67. The minimum Gasteiger partial charge on any atom is -0.394 e. The van der Waals surface area contributed by atoms with Crippen LogP contribution >= 0.6 is 0 Å². The predicted molar refractivity (Wildman–Crippen MR) is 235 cm³/mol. The van der Waals surface area contributed by atoms with Gasteiger partial charge in [0.15, 0.2) is 18.9 Å². The van der Waals surface area contributed by atoms with E-state index in [-0.39, 0.29) is 51.8 Å². The zero-order chi connectivity index (χ0) is 49.5. The molecule has 7 aliphatic rings. The SMILES string of the molecule is C[C@H](CC[C@@H](O[C@@H]1O[C@H](CO[C@@H]2OC(CO)[C@@H](O)[C@H](O)[C@H]2O)[C@@H](O)[C@H](O)[C@H]1O[C@H]1O[C@@H](CO)[C@H](O)[C@@H](O)[C@@H]1O)C(C)(C)O)C1CC[C@@]2(C)C3CC=C4C(CC[C@H](O)C4(C)C)[C@]3(C)[C@H](O)C[C@]12C. The first kappa shape index (κ1) is 53.8. The molecule has 3 saturated heterocycles. The fourth-order valence-corrected chi connectivity index (χ4v) is 14.1. The number of hydrogen-bond donors (Lipinski definition) is 13. The van der Waals surface area contributed by atoms with E-state index in [0.717, 1.165) is 25.7 Å². The van der Waals surface area contributed by atoms with Crippen molar-refractivity contribution in [2.45, 2.75) is 223 Å². The van der Waals surface area contributed by atoms with Crippen LogP contribution in [-0.4, -0.2) is 202 Å². The Morgan fingerprint density at radius 1 is 0.672 bits per heavy atom. The lowest BCUT2D eigenvalue weighted by atomic mass is 9.38. The van der Waals surface area contributed by atoms with E-state index in [1.54, 1.807) is 13.8 Å². The zero-order valence-corrected chi connectivity index (χ0v) is 40.3. The second-order valence-corrected chi connectivity index (χ2v) is 23.1. The number of aliphatic hydroxyl groups is 13. The van der Waals surface area contributed by atoms with Gasteiger partial charge in [-0.1, -0.05) is 53.2 Å². The number of hydrogen-bond acceptors (Lipinski definition) is 19. The summed E-state index contributed by atoms with van der Waals surface area (Å²) in [6.07, 6.45) is -19.2. The van der Waals surface area contributed by atoms with Crippen LogP contribution in [0.4, 0.5) is 0 Å². The van der Waals surface area contributed by atoms with E-state index >= 15 is 0 Å². The topological polar surface area (TPSA) is 318 Å². The van der Waals surface area contributed by atoms with Crippen LogP contribution in [-0.2, 0) is 28.4 Å². The summed E-state index contributed by atoms with van der Waals surface area (Å²) in [7, 11) is 0. The van der Waals surface area contributed by atoms with Crippen molar-refractivity contribution in [2.75, 3.05) is 19.8 Å². The summed E-state index contributed by atoms with van der Waals surface area (Å²) in [6, 6.07) is 0. The molecule has 67 heavy (non-hydrogen) atoms. The summed E-state index contributed by atoms with van der Waals surface area (Å²) < 4.78 is 35.5. The molecule has 0 radical (unpaired) electrons. The maximum atomic E-state index is 12.4. The second kappa shape index (κ2) is 19.8. The van der Waals surface area contributed by atoms with E-state index in [4.69, 9.17) is 28.4 Å². The number of fused-ring (bicyclic) bond motifs is 5. The van der Waals surface area contributed by atoms with Crippen molar-refractivity contribution in [2.24, 2.45) is 45.3 Å². The van der Waals surface area contributed by atoms with Crippen LogP contribution in [0.15, 0.2) is 11.6 Å². The highest BCUT2D eigenvalue weighted by molar-refractivity contribution is 5.31. The molecule has 6 fully saturated rings. The summed E-state index contributed by atoms with van der Waals surface area (Å²) in [5.41, 5.74) is -1.32. The van der Waals surface area contributed by atoms with Gasteiger partial charge in [0, 0.05) is 10.8 Å². The van der Waals surface area contributed by atoms with Gasteiger partial charge >= 0.3 is 0 Å². The summed E-state index contributed by atoms with van der Waals surface area (Å²) in [4.78, 5) is 0.